The number of likely N-dealkylation sites (tertiary alicyclic amines) is 1. The van der Waals surface area contributed by atoms with E-state index in [2.05, 4.69) is 16.1 Å². The van der Waals surface area contributed by atoms with Crippen LogP contribution in [0, 0.1) is 12.3 Å². The van der Waals surface area contributed by atoms with Crippen molar-refractivity contribution in [1.29, 1.82) is 0 Å². The Morgan fingerprint density at radius 1 is 1.62 bits per heavy atom. The fraction of sp³-hybridized carbons (Fsp3) is 0.818. The van der Waals surface area contributed by atoms with Crippen molar-refractivity contribution in [3.63, 3.8) is 0 Å². The normalized spacial score (nSPS) is 23.2. The molecule has 1 aliphatic heterocycles. The molecule has 0 aliphatic carbocycles. The minimum Gasteiger partial charge on any atom is -0.318 e. The maximum Gasteiger partial charge on any atom is 0.0221 e. The first-order valence-corrected chi connectivity index (χ1v) is 5.20. The fourth-order valence-corrected chi connectivity index (χ4v) is 2.04. The van der Waals surface area contributed by atoms with E-state index >= 15 is 0 Å². The van der Waals surface area contributed by atoms with Crippen LogP contribution in [-0.2, 0) is 0 Å². The Morgan fingerprint density at radius 3 is 3.15 bits per heavy atom. The van der Waals surface area contributed by atoms with E-state index < -0.39 is 0 Å². The van der Waals surface area contributed by atoms with E-state index in [0.717, 1.165) is 25.4 Å². The molecule has 1 saturated heterocycles. The van der Waals surface area contributed by atoms with Gasteiger partial charge in [-0.05, 0) is 39.4 Å². The topological polar surface area (TPSA) is 15.3 Å². The van der Waals surface area contributed by atoms with Crippen LogP contribution in [0.4, 0.5) is 0 Å². The zero-order chi connectivity index (χ0) is 9.52. The van der Waals surface area contributed by atoms with Crippen molar-refractivity contribution in [3.05, 3.63) is 0 Å². The maximum atomic E-state index is 5.23. The first-order valence-electron chi connectivity index (χ1n) is 5.20. The van der Waals surface area contributed by atoms with Crippen LogP contribution in [0.15, 0.2) is 0 Å². The number of terminal acetylenes is 1. The molecule has 0 bridgehead atoms. The smallest absolute Gasteiger partial charge is 0.0221 e. The minimum absolute atomic E-state index is 0.753. The first kappa shape index (κ1) is 10.6. The van der Waals surface area contributed by atoms with Crippen LogP contribution in [0.25, 0.3) is 0 Å². The third-order valence-electron chi connectivity index (χ3n) is 2.71. The van der Waals surface area contributed by atoms with Crippen LogP contribution >= 0.6 is 0 Å². The van der Waals surface area contributed by atoms with Crippen LogP contribution in [0.1, 0.15) is 25.7 Å². The molecule has 13 heavy (non-hydrogen) atoms. The maximum absolute atomic E-state index is 5.23. The molecule has 74 valence electrons. The van der Waals surface area contributed by atoms with Gasteiger partial charge in [0.05, 0.1) is 0 Å². The SMILES string of the molecule is C#CCCCN1CCCC1CNC. The summed E-state index contributed by atoms with van der Waals surface area (Å²) in [5.74, 6) is 2.70. The highest BCUT2D eigenvalue weighted by Gasteiger charge is 2.22. The van der Waals surface area contributed by atoms with E-state index in [1.807, 2.05) is 7.05 Å². The standard InChI is InChI=1S/C11H20N2/c1-3-4-5-8-13-9-6-7-11(13)10-12-2/h1,11-12H,4-10H2,2H3. The van der Waals surface area contributed by atoms with E-state index in [0.29, 0.717) is 0 Å². The summed E-state index contributed by atoms with van der Waals surface area (Å²) >= 11 is 0. The van der Waals surface area contributed by atoms with E-state index in [1.165, 1.54) is 25.9 Å². The number of rotatable bonds is 5. The van der Waals surface area contributed by atoms with Gasteiger partial charge < -0.3 is 5.32 Å². The van der Waals surface area contributed by atoms with Crippen molar-refractivity contribution in [2.45, 2.75) is 31.7 Å². The summed E-state index contributed by atoms with van der Waals surface area (Å²) in [6, 6.07) is 0.753. The largest absolute Gasteiger partial charge is 0.318 e. The average molecular weight is 180 g/mol. The molecule has 0 amide bonds. The molecule has 0 aromatic heterocycles. The molecule has 2 nitrogen and oxygen atoms in total. The van der Waals surface area contributed by atoms with E-state index in [1.54, 1.807) is 0 Å². The predicted octanol–water partition coefficient (Wildman–Crippen LogP) is 1.08. The lowest BCUT2D eigenvalue weighted by Gasteiger charge is -2.23. The second-order valence-corrected chi connectivity index (χ2v) is 3.70. The summed E-state index contributed by atoms with van der Waals surface area (Å²) in [6.07, 6.45) is 9.99. The van der Waals surface area contributed by atoms with Crippen LogP contribution in [0.5, 0.6) is 0 Å². The number of likely N-dealkylation sites (N-methyl/N-ethyl adjacent to an activating group) is 1. The molecule has 1 atom stereocenters. The molecule has 0 radical (unpaired) electrons. The third kappa shape index (κ3) is 3.38. The van der Waals surface area contributed by atoms with Crippen molar-refractivity contribution >= 4 is 0 Å². The summed E-state index contributed by atoms with van der Waals surface area (Å²) < 4.78 is 0. The average Bonchev–Trinajstić information content (AvgIpc) is 2.54. The van der Waals surface area contributed by atoms with Gasteiger partial charge in [0.1, 0.15) is 0 Å². The van der Waals surface area contributed by atoms with Gasteiger partial charge in [-0.15, -0.1) is 12.3 Å². The van der Waals surface area contributed by atoms with E-state index in [-0.39, 0.29) is 0 Å². The molecule has 0 saturated carbocycles. The lowest BCUT2D eigenvalue weighted by atomic mass is 10.2. The highest BCUT2D eigenvalue weighted by molar-refractivity contribution is 4.85. The zero-order valence-electron chi connectivity index (χ0n) is 8.55. The van der Waals surface area contributed by atoms with Crippen LogP contribution in [0.3, 0.4) is 0 Å². The second kappa shape index (κ2) is 6.01. The summed E-state index contributed by atoms with van der Waals surface area (Å²) in [5, 5.41) is 3.25. The Bertz CT molecular complexity index is 171. The van der Waals surface area contributed by atoms with Gasteiger partial charge in [0, 0.05) is 19.0 Å². The Hall–Kier alpha value is -0.520. The molecule has 1 rings (SSSR count). The van der Waals surface area contributed by atoms with Crippen molar-refractivity contribution in [2.75, 3.05) is 26.7 Å². The molecule has 0 aromatic rings. The highest BCUT2D eigenvalue weighted by atomic mass is 15.2. The van der Waals surface area contributed by atoms with Crippen LogP contribution < -0.4 is 5.32 Å². The molecule has 1 unspecified atom stereocenters. The monoisotopic (exact) mass is 180 g/mol. The van der Waals surface area contributed by atoms with E-state index in [9.17, 15) is 0 Å². The van der Waals surface area contributed by atoms with E-state index in [4.69, 9.17) is 6.42 Å². The van der Waals surface area contributed by atoms with Crippen molar-refractivity contribution < 1.29 is 0 Å². The molecular formula is C11H20N2. The zero-order valence-corrected chi connectivity index (χ0v) is 8.55. The quantitative estimate of drug-likeness (QED) is 0.503. The van der Waals surface area contributed by atoms with Gasteiger partial charge in [0.25, 0.3) is 0 Å². The summed E-state index contributed by atoms with van der Waals surface area (Å²) in [7, 11) is 2.03. The fourth-order valence-electron chi connectivity index (χ4n) is 2.04. The molecule has 1 N–H and O–H groups in total. The molecule has 2 heteroatoms. The Morgan fingerprint density at radius 2 is 2.46 bits per heavy atom. The number of nitrogens with one attached hydrogen (secondary N) is 1. The van der Waals surface area contributed by atoms with Crippen molar-refractivity contribution in [2.24, 2.45) is 0 Å². The second-order valence-electron chi connectivity index (χ2n) is 3.70. The van der Waals surface area contributed by atoms with Crippen LogP contribution in [0.2, 0.25) is 0 Å². The lowest BCUT2D eigenvalue weighted by Crippen LogP contribution is -2.37. The predicted molar refractivity (Wildman–Crippen MR) is 56.6 cm³/mol. The first-order chi connectivity index (χ1) is 6.38. The van der Waals surface area contributed by atoms with Gasteiger partial charge >= 0.3 is 0 Å². The number of unbranched alkanes of at least 4 members (excludes halogenated alkanes) is 1. The van der Waals surface area contributed by atoms with Gasteiger partial charge in [0.15, 0.2) is 0 Å². The van der Waals surface area contributed by atoms with Gasteiger partial charge in [-0.2, -0.15) is 0 Å². The Balaban J connectivity index is 2.19. The summed E-state index contributed by atoms with van der Waals surface area (Å²) in [6.45, 7) is 3.56. The third-order valence-corrected chi connectivity index (χ3v) is 2.71. The molecular weight excluding hydrogens is 160 g/mol. The summed E-state index contributed by atoms with van der Waals surface area (Å²) in [5.41, 5.74) is 0. The van der Waals surface area contributed by atoms with Gasteiger partial charge in [-0.25, -0.2) is 0 Å². The minimum atomic E-state index is 0.753. The molecule has 0 spiro atoms. The molecule has 1 heterocycles. The molecule has 1 fully saturated rings. The lowest BCUT2D eigenvalue weighted by molar-refractivity contribution is 0.249. The number of hydrogen-bond donors (Lipinski definition) is 1. The highest BCUT2D eigenvalue weighted by Crippen LogP contribution is 2.16. The number of nitrogens with zero attached hydrogens (tertiary/aromatic N) is 1. The van der Waals surface area contributed by atoms with Gasteiger partial charge in [-0.3, -0.25) is 4.90 Å². The molecule has 1 aliphatic rings. The summed E-state index contributed by atoms with van der Waals surface area (Å²) in [4.78, 5) is 2.56. The van der Waals surface area contributed by atoms with Crippen LogP contribution in [-0.4, -0.2) is 37.6 Å². The van der Waals surface area contributed by atoms with Crippen molar-refractivity contribution in [3.8, 4) is 12.3 Å². The number of hydrogen-bond acceptors (Lipinski definition) is 2. The van der Waals surface area contributed by atoms with Gasteiger partial charge in [0.2, 0.25) is 0 Å². The van der Waals surface area contributed by atoms with Gasteiger partial charge in [-0.1, -0.05) is 0 Å². The Labute approximate surface area is 81.7 Å². The van der Waals surface area contributed by atoms with Crippen molar-refractivity contribution in [1.82, 2.24) is 10.2 Å². The molecule has 0 aromatic carbocycles. The Kier molecular flexibility index (Phi) is 4.88.